The number of rotatable bonds is 4. The van der Waals surface area contributed by atoms with Crippen molar-refractivity contribution in [1.29, 1.82) is 0 Å². The van der Waals surface area contributed by atoms with Gasteiger partial charge in [-0.1, -0.05) is 11.6 Å². The second kappa shape index (κ2) is 6.95. The molecule has 0 bridgehead atoms. The third kappa shape index (κ3) is 3.99. The zero-order valence-electron chi connectivity index (χ0n) is 12.2. The molecule has 2 rings (SSSR count). The number of halogens is 1. The highest BCUT2D eigenvalue weighted by atomic mass is 35.5. The van der Waals surface area contributed by atoms with Gasteiger partial charge in [-0.2, -0.15) is 5.10 Å². The minimum atomic E-state index is -0.330. The van der Waals surface area contributed by atoms with Gasteiger partial charge in [0.05, 0.1) is 6.21 Å². The quantitative estimate of drug-likeness (QED) is 0.673. The van der Waals surface area contributed by atoms with Crippen molar-refractivity contribution < 1.29 is 9.90 Å². The zero-order valence-corrected chi connectivity index (χ0v) is 13.0. The van der Waals surface area contributed by atoms with Crippen molar-refractivity contribution in [1.82, 2.24) is 5.43 Å². The van der Waals surface area contributed by atoms with Crippen molar-refractivity contribution in [2.75, 3.05) is 19.0 Å². The van der Waals surface area contributed by atoms with E-state index in [2.05, 4.69) is 10.5 Å². The van der Waals surface area contributed by atoms with Crippen molar-refractivity contribution in [2.24, 2.45) is 5.10 Å². The van der Waals surface area contributed by atoms with Crippen LogP contribution in [-0.2, 0) is 0 Å². The number of hydrogen-bond donors (Lipinski definition) is 2. The third-order valence-corrected chi connectivity index (χ3v) is 3.24. The van der Waals surface area contributed by atoms with Gasteiger partial charge in [0.2, 0.25) is 0 Å². The lowest BCUT2D eigenvalue weighted by Crippen LogP contribution is -2.18. The Hall–Kier alpha value is -2.53. The van der Waals surface area contributed by atoms with Gasteiger partial charge in [0.25, 0.3) is 5.91 Å². The Morgan fingerprint density at radius 2 is 1.91 bits per heavy atom. The Bertz CT molecular complexity index is 697. The molecule has 0 unspecified atom stereocenters. The molecule has 0 radical (unpaired) electrons. The highest BCUT2D eigenvalue weighted by Gasteiger charge is 2.05. The van der Waals surface area contributed by atoms with E-state index in [9.17, 15) is 9.90 Å². The standard InChI is InChI=1S/C16H16ClN3O2/c1-20(2)14-6-3-11(4-7-14)16(22)19-18-10-12-9-13(17)5-8-15(12)21/h3-10,21H,1-2H3,(H,19,22). The highest BCUT2D eigenvalue weighted by Crippen LogP contribution is 2.19. The lowest BCUT2D eigenvalue weighted by molar-refractivity contribution is 0.0955. The molecule has 2 N–H and O–H groups in total. The largest absolute Gasteiger partial charge is 0.507 e. The number of benzene rings is 2. The fraction of sp³-hybridized carbons (Fsp3) is 0.125. The SMILES string of the molecule is CN(C)c1ccc(C(=O)NN=Cc2cc(Cl)ccc2O)cc1. The van der Waals surface area contributed by atoms with Crippen LogP contribution in [0.2, 0.25) is 5.02 Å². The molecule has 1 amide bonds. The number of hydrazone groups is 1. The van der Waals surface area contributed by atoms with Crippen LogP contribution in [0, 0.1) is 0 Å². The fourth-order valence-electron chi connectivity index (χ4n) is 1.76. The maximum atomic E-state index is 11.9. The Balaban J connectivity index is 2.03. The van der Waals surface area contributed by atoms with Gasteiger partial charge in [0.15, 0.2) is 0 Å². The zero-order chi connectivity index (χ0) is 16.1. The Morgan fingerprint density at radius 1 is 1.23 bits per heavy atom. The van der Waals surface area contributed by atoms with Gasteiger partial charge in [-0.05, 0) is 42.5 Å². The molecule has 0 heterocycles. The summed E-state index contributed by atoms with van der Waals surface area (Å²) in [5.74, 6) is -0.291. The molecule has 0 saturated heterocycles. The molecule has 2 aromatic rings. The van der Waals surface area contributed by atoms with Crippen LogP contribution in [-0.4, -0.2) is 31.3 Å². The molecule has 0 spiro atoms. The number of nitrogens with one attached hydrogen (secondary N) is 1. The molecular formula is C16H16ClN3O2. The molecule has 0 aliphatic heterocycles. The van der Waals surface area contributed by atoms with Crippen LogP contribution in [0.1, 0.15) is 15.9 Å². The molecular weight excluding hydrogens is 302 g/mol. The molecule has 2 aromatic carbocycles. The van der Waals surface area contributed by atoms with Crippen molar-refractivity contribution >= 4 is 29.4 Å². The molecule has 5 nitrogen and oxygen atoms in total. The predicted molar refractivity (Wildman–Crippen MR) is 88.9 cm³/mol. The Labute approximate surface area is 133 Å². The van der Waals surface area contributed by atoms with E-state index in [1.807, 2.05) is 31.1 Å². The highest BCUT2D eigenvalue weighted by molar-refractivity contribution is 6.30. The number of amides is 1. The molecule has 0 aromatic heterocycles. The normalized spacial score (nSPS) is 10.7. The number of phenols is 1. The van der Waals surface area contributed by atoms with Crippen molar-refractivity contribution in [2.45, 2.75) is 0 Å². The maximum Gasteiger partial charge on any atom is 0.271 e. The lowest BCUT2D eigenvalue weighted by atomic mass is 10.2. The van der Waals surface area contributed by atoms with Crippen molar-refractivity contribution in [3.8, 4) is 5.75 Å². The van der Waals surface area contributed by atoms with Crippen molar-refractivity contribution in [3.05, 3.63) is 58.6 Å². The van der Waals surface area contributed by atoms with Gasteiger partial charge in [0.1, 0.15) is 5.75 Å². The number of anilines is 1. The summed E-state index contributed by atoms with van der Waals surface area (Å²) in [5.41, 5.74) is 4.33. The van der Waals surface area contributed by atoms with Gasteiger partial charge >= 0.3 is 0 Å². The molecule has 6 heteroatoms. The van der Waals surface area contributed by atoms with E-state index in [0.29, 0.717) is 16.1 Å². The smallest absolute Gasteiger partial charge is 0.271 e. The fourth-order valence-corrected chi connectivity index (χ4v) is 1.95. The maximum absolute atomic E-state index is 11.9. The average Bonchev–Trinajstić information content (AvgIpc) is 2.50. The molecule has 114 valence electrons. The van der Waals surface area contributed by atoms with Gasteiger partial charge in [-0.15, -0.1) is 0 Å². The Morgan fingerprint density at radius 3 is 2.55 bits per heavy atom. The summed E-state index contributed by atoms with van der Waals surface area (Å²) in [5, 5.41) is 13.9. The number of carbonyl (C=O) groups is 1. The number of hydrogen-bond acceptors (Lipinski definition) is 4. The van der Waals surface area contributed by atoms with Gasteiger partial charge in [0, 0.05) is 35.9 Å². The average molecular weight is 318 g/mol. The van der Waals surface area contributed by atoms with Gasteiger partial charge in [-0.3, -0.25) is 4.79 Å². The monoisotopic (exact) mass is 317 g/mol. The molecule has 0 aliphatic carbocycles. The number of phenolic OH excluding ortho intramolecular Hbond substituents is 1. The van der Waals surface area contributed by atoms with Crippen LogP contribution in [0.4, 0.5) is 5.69 Å². The summed E-state index contributed by atoms with van der Waals surface area (Å²) in [7, 11) is 3.85. The number of aromatic hydroxyl groups is 1. The Kier molecular flexibility index (Phi) is 5.01. The lowest BCUT2D eigenvalue weighted by Gasteiger charge is -2.12. The minimum absolute atomic E-state index is 0.0396. The second-order valence-electron chi connectivity index (χ2n) is 4.84. The molecule has 0 atom stereocenters. The first-order valence-electron chi connectivity index (χ1n) is 6.56. The minimum Gasteiger partial charge on any atom is -0.507 e. The first-order valence-corrected chi connectivity index (χ1v) is 6.94. The summed E-state index contributed by atoms with van der Waals surface area (Å²) in [6, 6.07) is 11.7. The first-order chi connectivity index (χ1) is 10.5. The van der Waals surface area contributed by atoms with Gasteiger partial charge in [-0.25, -0.2) is 5.43 Å². The van der Waals surface area contributed by atoms with E-state index < -0.39 is 0 Å². The van der Waals surface area contributed by atoms with Crippen LogP contribution in [0.3, 0.4) is 0 Å². The van der Waals surface area contributed by atoms with E-state index in [-0.39, 0.29) is 11.7 Å². The van der Waals surface area contributed by atoms with E-state index >= 15 is 0 Å². The molecule has 0 saturated carbocycles. The number of nitrogens with zero attached hydrogens (tertiary/aromatic N) is 2. The topological polar surface area (TPSA) is 64.9 Å². The third-order valence-electron chi connectivity index (χ3n) is 3.01. The van der Waals surface area contributed by atoms with Gasteiger partial charge < -0.3 is 10.0 Å². The summed E-state index contributed by atoms with van der Waals surface area (Å²) in [4.78, 5) is 13.9. The van der Waals surface area contributed by atoms with Crippen LogP contribution in [0.15, 0.2) is 47.6 Å². The van der Waals surface area contributed by atoms with Crippen LogP contribution in [0.25, 0.3) is 0 Å². The van der Waals surface area contributed by atoms with E-state index in [1.165, 1.54) is 12.3 Å². The summed E-state index contributed by atoms with van der Waals surface area (Å²) >= 11 is 5.83. The van der Waals surface area contributed by atoms with E-state index in [1.54, 1.807) is 24.3 Å². The summed E-state index contributed by atoms with van der Waals surface area (Å²) in [6.45, 7) is 0. The molecule has 22 heavy (non-hydrogen) atoms. The molecule has 0 aliphatic rings. The van der Waals surface area contributed by atoms with E-state index in [4.69, 9.17) is 11.6 Å². The first kappa shape index (κ1) is 15.9. The van der Waals surface area contributed by atoms with E-state index in [0.717, 1.165) is 5.69 Å². The summed E-state index contributed by atoms with van der Waals surface area (Å²) < 4.78 is 0. The van der Waals surface area contributed by atoms with Crippen LogP contribution in [0.5, 0.6) is 5.75 Å². The summed E-state index contributed by atoms with van der Waals surface area (Å²) in [6.07, 6.45) is 1.34. The van der Waals surface area contributed by atoms with Crippen LogP contribution < -0.4 is 10.3 Å². The second-order valence-corrected chi connectivity index (χ2v) is 5.28. The van der Waals surface area contributed by atoms with Crippen molar-refractivity contribution in [3.63, 3.8) is 0 Å². The van der Waals surface area contributed by atoms with Crippen LogP contribution >= 0.6 is 11.6 Å². The molecule has 0 fully saturated rings. The predicted octanol–water partition coefficient (Wildman–Crippen LogP) is 2.88. The number of carbonyl (C=O) groups excluding carboxylic acids is 1.